The van der Waals surface area contributed by atoms with E-state index in [1.165, 1.54) is 14.7 Å². The molecular formula is C16H18INO. The van der Waals surface area contributed by atoms with Crippen LogP contribution in [0.1, 0.15) is 18.1 Å². The lowest BCUT2D eigenvalue weighted by atomic mass is 10.0. The van der Waals surface area contributed by atoms with Gasteiger partial charge < -0.3 is 10.5 Å². The van der Waals surface area contributed by atoms with Crippen molar-refractivity contribution in [2.75, 3.05) is 0 Å². The molecule has 0 aromatic heterocycles. The molecule has 2 nitrogen and oxygen atoms in total. The normalized spacial score (nSPS) is 12.2. The molecule has 0 spiro atoms. The number of aryl methyl sites for hydroxylation is 1. The fourth-order valence-corrected chi connectivity index (χ4v) is 2.31. The maximum Gasteiger partial charge on any atom is 0.127 e. The fraction of sp³-hybridized carbons (Fsp3) is 0.250. The van der Waals surface area contributed by atoms with Gasteiger partial charge in [-0.25, -0.2) is 0 Å². The van der Waals surface area contributed by atoms with Crippen molar-refractivity contribution in [1.82, 2.24) is 0 Å². The van der Waals surface area contributed by atoms with E-state index in [1.54, 1.807) is 0 Å². The summed E-state index contributed by atoms with van der Waals surface area (Å²) in [6.07, 6.45) is 0.898. The third-order valence-corrected chi connectivity index (χ3v) is 3.62. The summed E-state index contributed by atoms with van der Waals surface area (Å²) in [5.74, 6) is 1.73. The van der Waals surface area contributed by atoms with Crippen LogP contribution in [0.4, 0.5) is 0 Å². The topological polar surface area (TPSA) is 35.2 Å². The van der Waals surface area contributed by atoms with Gasteiger partial charge in [0.15, 0.2) is 0 Å². The maximum absolute atomic E-state index is 5.84. The highest BCUT2D eigenvalue weighted by atomic mass is 127. The van der Waals surface area contributed by atoms with Crippen LogP contribution < -0.4 is 10.5 Å². The molecule has 0 fully saturated rings. The van der Waals surface area contributed by atoms with Gasteiger partial charge in [-0.15, -0.1) is 0 Å². The summed E-state index contributed by atoms with van der Waals surface area (Å²) in [6, 6.07) is 14.4. The Morgan fingerprint density at radius 2 is 1.74 bits per heavy atom. The molecule has 0 aliphatic heterocycles. The summed E-state index contributed by atoms with van der Waals surface area (Å²) in [5.41, 5.74) is 8.34. The predicted molar refractivity (Wildman–Crippen MR) is 87.8 cm³/mol. The minimum Gasteiger partial charge on any atom is -0.457 e. The molecule has 0 heterocycles. The van der Waals surface area contributed by atoms with Crippen molar-refractivity contribution in [2.45, 2.75) is 26.3 Å². The molecule has 0 saturated heterocycles. The smallest absolute Gasteiger partial charge is 0.127 e. The van der Waals surface area contributed by atoms with E-state index in [-0.39, 0.29) is 6.04 Å². The van der Waals surface area contributed by atoms with E-state index in [4.69, 9.17) is 10.5 Å². The Morgan fingerprint density at radius 3 is 2.32 bits per heavy atom. The molecule has 19 heavy (non-hydrogen) atoms. The molecule has 2 rings (SSSR count). The zero-order valence-electron chi connectivity index (χ0n) is 11.2. The third kappa shape index (κ3) is 4.21. The van der Waals surface area contributed by atoms with Crippen molar-refractivity contribution >= 4 is 22.6 Å². The molecule has 0 saturated carbocycles. The molecule has 0 aliphatic rings. The van der Waals surface area contributed by atoms with Gasteiger partial charge in [0.1, 0.15) is 11.5 Å². The molecule has 0 aliphatic carbocycles. The van der Waals surface area contributed by atoms with E-state index < -0.39 is 0 Å². The Morgan fingerprint density at radius 1 is 1.11 bits per heavy atom. The lowest BCUT2D eigenvalue weighted by molar-refractivity contribution is 0.482. The summed E-state index contributed by atoms with van der Waals surface area (Å²) in [5, 5.41) is 0. The predicted octanol–water partition coefficient (Wildman–Crippen LogP) is 4.28. The minimum atomic E-state index is 0.182. The molecule has 2 aromatic rings. The first-order valence-electron chi connectivity index (χ1n) is 6.33. The van der Waals surface area contributed by atoms with Gasteiger partial charge >= 0.3 is 0 Å². The van der Waals surface area contributed by atoms with Crippen LogP contribution in [0.15, 0.2) is 42.5 Å². The molecule has 0 bridgehead atoms. The van der Waals surface area contributed by atoms with Crippen molar-refractivity contribution < 1.29 is 4.74 Å². The van der Waals surface area contributed by atoms with E-state index in [1.807, 2.05) is 37.3 Å². The van der Waals surface area contributed by atoms with Crippen LogP contribution >= 0.6 is 22.6 Å². The Bertz CT molecular complexity index is 549. The molecule has 3 heteroatoms. The van der Waals surface area contributed by atoms with E-state index >= 15 is 0 Å². The van der Waals surface area contributed by atoms with E-state index in [0.29, 0.717) is 0 Å². The van der Waals surface area contributed by atoms with Gasteiger partial charge in [-0.2, -0.15) is 0 Å². The molecule has 100 valence electrons. The highest BCUT2D eigenvalue weighted by Crippen LogP contribution is 2.24. The molecule has 1 atom stereocenters. The standard InChI is InChI=1S/C16H18INO/c1-11-9-16(6-3-13(11)10-12(2)18)19-15-7-4-14(17)5-8-15/h3-9,12H,10,18H2,1-2H3. The summed E-state index contributed by atoms with van der Waals surface area (Å²) >= 11 is 2.28. The molecular weight excluding hydrogens is 349 g/mol. The quantitative estimate of drug-likeness (QED) is 0.819. The lowest BCUT2D eigenvalue weighted by Gasteiger charge is -2.11. The number of hydrogen-bond acceptors (Lipinski definition) is 2. The van der Waals surface area contributed by atoms with Crippen LogP contribution in [0.2, 0.25) is 0 Å². The van der Waals surface area contributed by atoms with Crippen molar-refractivity contribution in [3.63, 3.8) is 0 Å². The average Bonchev–Trinajstić information content (AvgIpc) is 2.35. The highest BCUT2D eigenvalue weighted by Gasteiger charge is 2.04. The maximum atomic E-state index is 5.84. The van der Waals surface area contributed by atoms with Crippen LogP contribution in [0.5, 0.6) is 11.5 Å². The van der Waals surface area contributed by atoms with Crippen molar-refractivity contribution in [2.24, 2.45) is 5.73 Å². The number of nitrogens with two attached hydrogens (primary N) is 1. The lowest BCUT2D eigenvalue weighted by Crippen LogP contribution is -2.18. The van der Waals surface area contributed by atoms with Crippen molar-refractivity contribution in [1.29, 1.82) is 0 Å². The van der Waals surface area contributed by atoms with E-state index in [9.17, 15) is 0 Å². The van der Waals surface area contributed by atoms with Crippen molar-refractivity contribution in [3.05, 3.63) is 57.2 Å². The summed E-state index contributed by atoms with van der Waals surface area (Å²) in [6.45, 7) is 4.12. The highest BCUT2D eigenvalue weighted by molar-refractivity contribution is 14.1. The van der Waals surface area contributed by atoms with Crippen LogP contribution in [-0.2, 0) is 6.42 Å². The molecule has 1 unspecified atom stereocenters. The first-order chi connectivity index (χ1) is 9.04. The van der Waals surface area contributed by atoms with Crippen LogP contribution in [0.3, 0.4) is 0 Å². The Hall–Kier alpha value is -1.07. The van der Waals surface area contributed by atoms with Crippen molar-refractivity contribution in [3.8, 4) is 11.5 Å². The zero-order chi connectivity index (χ0) is 13.8. The van der Waals surface area contributed by atoms with Crippen LogP contribution in [-0.4, -0.2) is 6.04 Å². The van der Waals surface area contributed by atoms with Gasteiger partial charge in [0, 0.05) is 9.61 Å². The monoisotopic (exact) mass is 367 g/mol. The molecule has 0 radical (unpaired) electrons. The van der Waals surface area contributed by atoms with Gasteiger partial charge in [0.25, 0.3) is 0 Å². The second-order valence-electron chi connectivity index (χ2n) is 4.83. The van der Waals surface area contributed by atoms with Gasteiger partial charge in [0.2, 0.25) is 0 Å². The number of rotatable bonds is 4. The van der Waals surface area contributed by atoms with Gasteiger partial charge in [-0.1, -0.05) is 6.07 Å². The van der Waals surface area contributed by atoms with Gasteiger partial charge in [0.05, 0.1) is 0 Å². The van der Waals surface area contributed by atoms with E-state index in [2.05, 4.69) is 41.6 Å². The van der Waals surface area contributed by atoms with Gasteiger partial charge in [-0.05, 0) is 90.4 Å². The average molecular weight is 367 g/mol. The first-order valence-corrected chi connectivity index (χ1v) is 7.41. The molecule has 2 N–H and O–H groups in total. The number of hydrogen-bond donors (Lipinski definition) is 1. The number of halogens is 1. The summed E-state index contributed by atoms with van der Waals surface area (Å²) in [7, 11) is 0. The fourth-order valence-electron chi connectivity index (χ4n) is 1.95. The zero-order valence-corrected chi connectivity index (χ0v) is 13.3. The van der Waals surface area contributed by atoms with Gasteiger partial charge in [-0.3, -0.25) is 0 Å². The Kier molecular flexibility index (Phi) is 4.82. The summed E-state index contributed by atoms with van der Waals surface area (Å²) < 4.78 is 7.04. The Labute approximate surface area is 128 Å². The molecule has 2 aromatic carbocycles. The SMILES string of the molecule is Cc1cc(Oc2ccc(I)cc2)ccc1CC(C)N. The first kappa shape index (κ1) is 14.3. The minimum absolute atomic E-state index is 0.182. The third-order valence-electron chi connectivity index (χ3n) is 2.91. The van der Waals surface area contributed by atoms with E-state index in [0.717, 1.165) is 17.9 Å². The van der Waals surface area contributed by atoms with Crippen LogP contribution in [0.25, 0.3) is 0 Å². The number of ether oxygens (including phenoxy) is 1. The Balaban J connectivity index is 2.13. The molecule has 0 amide bonds. The summed E-state index contributed by atoms with van der Waals surface area (Å²) in [4.78, 5) is 0. The second-order valence-corrected chi connectivity index (χ2v) is 6.07. The largest absolute Gasteiger partial charge is 0.457 e. The van der Waals surface area contributed by atoms with Crippen LogP contribution in [0, 0.1) is 10.5 Å². The second kappa shape index (κ2) is 6.39. The number of benzene rings is 2.